The maximum Gasteiger partial charge on any atom is 0.187 e. The number of hydrazone groups is 1. The van der Waals surface area contributed by atoms with Crippen LogP contribution in [0.15, 0.2) is 58.9 Å². The third kappa shape index (κ3) is 5.67. The van der Waals surface area contributed by atoms with Gasteiger partial charge in [-0.3, -0.25) is 5.43 Å². The van der Waals surface area contributed by atoms with Gasteiger partial charge in [0.25, 0.3) is 0 Å². The number of nitrogens with zero attached hydrogens (tertiary/aromatic N) is 2. The molecule has 1 aromatic rings. The summed E-state index contributed by atoms with van der Waals surface area (Å²) in [7, 11) is 0. The highest BCUT2D eigenvalue weighted by atomic mass is 35.5. The molecular formula is C21H25ClN4OS. The summed E-state index contributed by atoms with van der Waals surface area (Å²) < 4.78 is 5.53. The van der Waals surface area contributed by atoms with Gasteiger partial charge in [0.05, 0.1) is 19.4 Å². The fraction of sp³-hybridized carbons (Fsp3) is 0.333. The molecule has 2 aliphatic rings. The molecule has 0 amide bonds. The van der Waals surface area contributed by atoms with E-state index in [2.05, 4.69) is 33.4 Å². The third-order valence-electron chi connectivity index (χ3n) is 4.60. The molecule has 28 heavy (non-hydrogen) atoms. The van der Waals surface area contributed by atoms with Crippen LogP contribution in [0, 0.1) is 0 Å². The Balaban J connectivity index is 1.81. The lowest BCUT2D eigenvalue weighted by Gasteiger charge is -2.31. The van der Waals surface area contributed by atoms with Crippen LogP contribution in [-0.2, 0) is 4.74 Å². The van der Waals surface area contributed by atoms with Crippen LogP contribution in [0.1, 0.15) is 18.4 Å². The van der Waals surface area contributed by atoms with Gasteiger partial charge in [0, 0.05) is 30.4 Å². The molecule has 0 spiro atoms. The maximum atomic E-state index is 6.02. The highest BCUT2D eigenvalue weighted by Crippen LogP contribution is 2.35. The number of allylic oxidation sites excluding steroid dienone is 2. The van der Waals surface area contributed by atoms with E-state index in [1.807, 2.05) is 30.5 Å². The van der Waals surface area contributed by atoms with Gasteiger partial charge in [-0.15, -0.1) is 6.58 Å². The zero-order chi connectivity index (χ0) is 19.8. The highest BCUT2D eigenvalue weighted by molar-refractivity contribution is 7.80. The van der Waals surface area contributed by atoms with Crippen LogP contribution in [0.5, 0.6) is 0 Å². The quantitative estimate of drug-likeness (QED) is 0.320. The van der Waals surface area contributed by atoms with Gasteiger partial charge in [-0.2, -0.15) is 5.10 Å². The van der Waals surface area contributed by atoms with Crippen molar-refractivity contribution < 1.29 is 4.74 Å². The van der Waals surface area contributed by atoms with Crippen molar-refractivity contribution in [2.75, 3.05) is 32.8 Å². The second-order valence-electron chi connectivity index (χ2n) is 6.56. The molecule has 1 aromatic carbocycles. The molecule has 1 heterocycles. The largest absolute Gasteiger partial charge is 0.378 e. The topological polar surface area (TPSA) is 48.9 Å². The van der Waals surface area contributed by atoms with Gasteiger partial charge in [-0.1, -0.05) is 29.8 Å². The zero-order valence-corrected chi connectivity index (χ0v) is 17.4. The van der Waals surface area contributed by atoms with E-state index in [0.29, 0.717) is 11.7 Å². The molecule has 1 saturated heterocycles. The molecule has 0 unspecified atom stereocenters. The molecule has 5 nitrogen and oxygen atoms in total. The van der Waals surface area contributed by atoms with Crippen LogP contribution >= 0.6 is 23.8 Å². The number of nitrogens with one attached hydrogen (secondary N) is 2. The van der Waals surface area contributed by atoms with Gasteiger partial charge in [-0.05, 0) is 60.0 Å². The number of hydrogen-bond acceptors (Lipinski definition) is 4. The lowest BCUT2D eigenvalue weighted by molar-refractivity contribution is 0.0548. The molecule has 0 radical (unpaired) electrons. The number of hydrogen-bond donors (Lipinski definition) is 2. The molecule has 3 rings (SSSR count). The van der Waals surface area contributed by atoms with Gasteiger partial charge in [0.2, 0.25) is 0 Å². The normalized spacial score (nSPS) is 18.8. The molecule has 2 N–H and O–H groups in total. The SMILES string of the molecule is C=CCNC(=S)N/N=C\C1=C(N2CCOCC2)C(=C/c2ccc(Cl)cc2)/CC1. The molecule has 0 atom stereocenters. The predicted molar refractivity (Wildman–Crippen MR) is 121 cm³/mol. The number of halogens is 1. The number of ether oxygens (including phenoxy) is 1. The van der Waals surface area contributed by atoms with Gasteiger partial charge < -0.3 is 15.0 Å². The number of morpholine rings is 1. The monoisotopic (exact) mass is 416 g/mol. The molecule has 1 aliphatic heterocycles. The summed E-state index contributed by atoms with van der Waals surface area (Å²) in [5.74, 6) is 0. The lowest BCUT2D eigenvalue weighted by atomic mass is 10.1. The van der Waals surface area contributed by atoms with Crippen LogP contribution in [0.3, 0.4) is 0 Å². The second kappa shape index (κ2) is 10.4. The van der Waals surface area contributed by atoms with Gasteiger partial charge in [0.15, 0.2) is 5.11 Å². The van der Waals surface area contributed by atoms with Crippen LogP contribution in [0.25, 0.3) is 6.08 Å². The molecular weight excluding hydrogens is 392 g/mol. The van der Waals surface area contributed by atoms with E-state index in [1.54, 1.807) is 6.08 Å². The summed E-state index contributed by atoms with van der Waals surface area (Å²) in [6, 6.07) is 7.93. The average molecular weight is 417 g/mol. The summed E-state index contributed by atoms with van der Waals surface area (Å²) in [5.41, 5.74) is 7.80. The van der Waals surface area contributed by atoms with Crippen molar-refractivity contribution in [1.29, 1.82) is 0 Å². The molecule has 0 aromatic heterocycles. The molecule has 7 heteroatoms. The molecule has 0 saturated carbocycles. The fourth-order valence-electron chi connectivity index (χ4n) is 3.31. The maximum absolute atomic E-state index is 6.02. The van der Waals surface area contributed by atoms with E-state index in [4.69, 9.17) is 28.6 Å². The van der Waals surface area contributed by atoms with Crippen molar-refractivity contribution in [3.8, 4) is 0 Å². The zero-order valence-electron chi connectivity index (χ0n) is 15.8. The summed E-state index contributed by atoms with van der Waals surface area (Å²) in [6.07, 6.45) is 7.81. The second-order valence-corrected chi connectivity index (χ2v) is 7.41. The molecule has 1 fully saturated rings. The minimum atomic E-state index is 0.486. The number of thiocarbonyl (C=S) groups is 1. The van der Waals surface area contributed by atoms with Gasteiger partial charge >= 0.3 is 0 Å². The first kappa shape index (κ1) is 20.6. The highest BCUT2D eigenvalue weighted by Gasteiger charge is 2.25. The van der Waals surface area contributed by atoms with Crippen LogP contribution in [0.4, 0.5) is 0 Å². The van der Waals surface area contributed by atoms with E-state index in [0.717, 1.165) is 49.7 Å². The van der Waals surface area contributed by atoms with Crippen molar-refractivity contribution >= 4 is 41.2 Å². The minimum absolute atomic E-state index is 0.486. The Morgan fingerprint density at radius 3 is 2.71 bits per heavy atom. The molecule has 1 aliphatic carbocycles. The van der Waals surface area contributed by atoms with Crippen molar-refractivity contribution in [2.45, 2.75) is 12.8 Å². The first-order valence-electron chi connectivity index (χ1n) is 9.37. The minimum Gasteiger partial charge on any atom is -0.378 e. The van der Waals surface area contributed by atoms with Crippen molar-refractivity contribution in [1.82, 2.24) is 15.6 Å². The van der Waals surface area contributed by atoms with Crippen LogP contribution < -0.4 is 10.7 Å². The Labute approximate surface area is 176 Å². The smallest absolute Gasteiger partial charge is 0.187 e. The lowest BCUT2D eigenvalue weighted by Crippen LogP contribution is -2.36. The fourth-order valence-corrected chi connectivity index (χ4v) is 3.57. The van der Waals surface area contributed by atoms with Crippen LogP contribution in [-0.4, -0.2) is 49.1 Å². The Morgan fingerprint density at radius 1 is 1.25 bits per heavy atom. The van der Waals surface area contributed by atoms with Crippen LogP contribution in [0.2, 0.25) is 5.02 Å². The summed E-state index contributed by atoms with van der Waals surface area (Å²) >= 11 is 11.2. The Kier molecular flexibility index (Phi) is 7.65. The van der Waals surface area contributed by atoms with E-state index >= 15 is 0 Å². The van der Waals surface area contributed by atoms with E-state index in [9.17, 15) is 0 Å². The van der Waals surface area contributed by atoms with Gasteiger partial charge in [-0.25, -0.2) is 0 Å². The standard InChI is InChI=1S/C21H25ClN4OS/c1-2-9-23-21(28)25-24-15-18-6-5-17(14-16-3-7-19(22)8-4-16)20(18)26-10-12-27-13-11-26/h2-4,7-8,14-15H,1,5-6,9-13H2,(H2,23,25,28)/b17-14+,24-15-. The first-order chi connectivity index (χ1) is 13.7. The summed E-state index contributed by atoms with van der Waals surface area (Å²) in [5, 5.41) is 8.57. The van der Waals surface area contributed by atoms with E-state index in [-0.39, 0.29) is 0 Å². The summed E-state index contributed by atoms with van der Waals surface area (Å²) in [4.78, 5) is 2.40. The Hall–Kier alpha value is -2.15. The van der Waals surface area contributed by atoms with Gasteiger partial charge in [0.1, 0.15) is 0 Å². The van der Waals surface area contributed by atoms with Crippen molar-refractivity contribution in [3.63, 3.8) is 0 Å². The Bertz CT molecular complexity index is 795. The summed E-state index contributed by atoms with van der Waals surface area (Å²) in [6.45, 7) is 7.53. The predicted octanol–water partition coefficient (Wildman–Crippen LogP) is 3.74. The number of rotatable bonds is 6. The van der Waals surface area contributed by atoms with E-state index < -0.39 is 0 Å². The molecule has 148 valence electrons. The van der Waals surface area contributed by atoms with Crippen molar-refractivity contribution in [3.05, 3.63) is 64.3 Å². The van der Waals surface area contributed by atoms with Crippen molar-refractivity contribution in [2.24, 2.45) is 5.10 Å². The molecule has 0 bridgehead atoms. The average Bonchev–Trinajstić information content (AvgIpc) is 3.11. The van der Waals surface area contributed by atoms with E-state index in [1.165, 1.54) is 16.8 Å². The number of benzene rings is 1. The third-order valence-corrected chi connectivity index (χ3v) is 5.09. The Morgan fingerprint density at radius 2 is 2.00 bits per heavy atom. The first-order valence-corrected chi connectivity index (χ1v) is 10.2.